The maximum absolute atomic E-state index is 12.9. The Morgan fingerprint density at radius 3 is 2.81 bits per heavy atom. The number of aromatic nitrogens is 1. The maximum atomic E-state index is 12.9. The Morgan fingerprint density at radius 2 is 1.96 bits per heavy atom. The fourth-order valence-corrected chi connectivity index (χ4v) is 4.58. The van der Waals surface area contributed by atoms with Gasteiger partial charge >= 0.3 is 0 Å². The first kappa shape index (κ1) is 17.1. The zero-order chi connectivity index (χ0) is 18.3. The molecule has 1 aromatic heterocycles. The van der Waals surface area contributed by atoms with Gasteiger partial charge in [0.2, 0.25) is 5.91 Å². The minimum atomic E-state index is 0.150. The molecule has 3 aromatic rings. The Kier molecular flexibility index (Phi) is 4.45. The van der Waals surface area contributed by atoms with Gasteiger partial charge < -0.3 is 4.90 Å². The van der Waals surface area contributed by atoms with Crippen LogP contribution in [0.3, 0.4) is 0 Å². The fraction of sp³-hybridized carbons (Fsp3) is 0.273. The van der Waals surface area contributed by atoms with Gasteiger partial charge in [0.25, 0.3) is 0 Å². The Morgan fingerprint density at radius 1 is 1.15 bits per heavy atom. The van der Waals surface area contributed by atoms with Crippen molar-refractivity contribution in [2.75, 3.05) is 10.7 Å². The second kappa shape index (κ2) is 6.76. The standard InChI is InChI=1S/C22H22N2OS/c1-14-7-6-9-18-15(2)11-20(23-22(14)18)26-13-21(25)24-16(3)12-17-8-4-5-10-19(17)24/h4-11,16H,12-13H2,1-3H3/t16-/m0/s1. The number of amides is 1. The van der Waals surface area contributed by atoms with Gasteiger partial charge in [-0.05, 0) is 56.0 Å². The van der Waals surface area contributed by atoms with Crippen LogP contribution in [0, 0.1) is 13.8 Å². The molecule has 132 valence electrons. The van der Waals surface area contributed by atoms with E-state index in [0.29, 0.717) is 5.75 Å². The smallest absolute Gasteiger partial charge is 0.237 e. The number of pyridine rings is 1. The van der Waals surface area contributed by atoms with E-state index >= 15 is 0 Å². The number of thioether (sulfide) groups is 1. The minimum absolute atomic E-state index is 0.150. The lowest BCUT2D eigenvalue weighted by atomic mass is 10.1. The molecule has 3 nitrogen and oxygen atoms in total. The number of aryl methyl sites for hydroxylation is 2. The lowest BCUT2D eigenvalue weighted by Gasteiger charge is -2.22. The monoisotopic (exact) mass is 362 g/mol. The van der Waals surface area contributed by atoms with Crippen LogP contribution in [0.25, 0.3) is 10.9 Å². The molecule has 1 atom stereocenters. The number of para-hydroxylation sites is 2. The van der Waals surface area contributed by atoms with Crippen LogP contribution in [0.15, 0.2) is 53.6 Å². The molecule has 0 saturated carbocycles. The number of hydrogen-bond donors (Lipinski definition) is 0. The predicted molar refractivity (Wildman–Crippen MR) is 109 cm³/mol. The molecule has 0 saturated heterocycles. The maximum Gasteiger partial charge on any atom is 0.237 e. The van der Waals surface area contributed by atoms with Crippen LogP contribution < -0.4 is 4.90 Å². The van der Waals surface area contributed by atoms with E-state index in [9.17, 15) is 4.79 Å². The number of carbonyl (C=O) groups is 1. The van der Waals surface area contributed by atoms with Crippen molar-refractivity contribution in [1.82, 2.24) is 4.98 Å². The first-order chi connectivity index (χ1) is 12.5. The average molecular weight is 362 g/mol. The van der Waals surface area contributed by atoms with Crippen LogP contribution in [0.1, 0.15) is 23.6 Å². The minimum Gasteiger partial charge on any atom is -0.308 e. The summed E-state index contributed by atoms with van der Waals surface area (Å²) in [7, 11) is 0. The van der Waals surface area contributed by atoms with Crippen LogP contribution in [0.5, 0.6) is 0 Å². The number of nitrogens with zero attached hydrogens (tertiary/aromatic N) is 2. The van der Waals surface area contributed by atoms with Gasteiger partial charge in [-0.1, -0.05) is 48.2 Å². The number of carbonyl (C=O) groups excluding carboxylic acids is 1. The van der Waals surface area contributed by atoms with E-state index in [2.05, 4.69) is 51.1 Å². The van der Waals surface area contributed by atoms with Crippen LogP contribution in [-0.2, 0) is 11.2 Å². The highest BCUT2D eigenvalue weighted by molar-refractivity contribution is 7.99. The predicted octanol–water partition coefficient (Wildman–Crippen LogP) is 4.92. The van der Waals surface area contributed by atoms with Crippen LogP contribution in [-0.4, -0.2) is 22.7 Å². The Balaban J connectivity index is 1.55. The highest BCUT2D eigenvalue weighted by Gasteiger charge is 2.30. The molecule has 0 aliphatic carbocycles. The average Bonchev–Trinajstić information content (AvgIpc) is 2.96. The van der Waals surface area contributed by atoms with Crippen molar-refractivity contribution in [2.45, 2.75) is 38.3 Å². The van der Waals surface area contributed by atoms with Gasteiger partial charge in [-0.15, -0.1) is 0 Å². The normalized spacial score (nSPS) is 16.1. The van der Waals surface area contributed by atoms with Crippen molar-refractivity contribution in [3.05, 3.63) is 65.2 Å². The molecule has 1 aliphatic heterocycles. The Labute approximate surface area is 158 Å². The molecule has 0 unspecified atom stereocenters. The largest absolute Gasteiger partial charge is 0.308 e. The molecular weight excluding hydrogens is 340 g/mol. The summed E-state index contributed by atoms with van der Waals surface area (Å²) in [6.45, 7) is 6.30. The van der Waals surface area contributed by atoms with E-state index in [1.54, 1.807) is 0 Å². The molecule has 4 rings (SSSR count). The van der Waals surface area contributed by atoms with Gasteiger partial charge in [0.1, 0.15) is 0 Å². The molecule has 0 bridgehead atoms. The topological polar surface area (TPSA) is 33.2 Å². The van der Waals surface area contributed by atoms with E-state index in [-0.39, 0.29) is 11.9 Å². The molecule has 0 radical (unpaired) electrons. The van der Waals surface area contributed by atoms with Crippen molar-refractivity contribution >= 4 is 34.3 Å². The van der Waals surface area contributed by atoms with Crippen LogP contribution >= 0.6 is 11.8 Å². The molecule has 1 aliphatic rings. The number of benzene rings is 2. The summed E-state index contributed by atoms with van der Waals surface area (Å²) in [6, 6.07) is 16.8. The second-order valence-corrected chi connectivity index (χ2v) is 7.98. The third kappa shape index (κ3) is 2.99. The van der Waals surface area contributed by atoms with Gasteiger partial charge in [0, 0.05) is 17.1 Å². The summed E-state index contributed by atoms with van der Waals surface area (Å²) in [5, 5.41) is 2.10. The SMILES string of the molecule is Cc1cc(SCC(=O)N2c3ccccc3C[C@@H]2C)nc2c(C)cccc12. The lowest BCUT2D eigenvalue weighted by molar-refractivity contribution is -0.116. The first-order valence-corrected chi connectivity index (χ1v) is 9.93. The highest BCUT2D eigenvalue weighted by atomic mass is 32.2. The molecule has 2 aromatic carbocycles. The molecular formula is C22H22N2OS. The number of anilines is 1. The van der Waals surface area contributed by atoms with E-state index in [1.807, 2.05) is 23.1 Å². The van der Waals surface area contributed by atoms with Gasteiger partial charge in [-0.25, -0.2) is 4.98 Å². The van der Waals surface area contributed by atoms with Gasteiger partial charge in [-0.2, -0.15) is 0 Å². The Hall–Kier alpha value is -2.33. The van der Waals surface area contributed by atoms with Crippen molar-refractivity contribution < 1.29 is 4.79 Å². The molecule has 0 spiro atoms. The molecule has 4 heteroatoms. The number of hydrogen-bond acceptors (Lipinski definition) is 3. The van der Waals surface area contributed by atoms with E-state index in [4.69, 9.17) is 4.98 Å². The zero-order valence-corrected chi connectivity index (χ0v) is 16.1. The number of fused-ring (bicyclic) bond motifs is 2. The van der Waals surface area contributed by atoms with Gasteiger partial charge in [-0.3, -0.25) is 4.79 Å². The van der Waals surface area contributed by atoms with E-state index in [0.717, 1.165) is 22.7 Å². The number of rotatable bonds is 3. The third-order valence-corrected chi connectivity index (χ3v) is 5.94. The third-order valence-electron chi connectivity index (χ3n) is 5.04. The van der Waals surface area contributed by atoms with Gasteiger partial charge in [0.15, 0.2) is 0 Å². The molecule has 2 heterocycles. The van der Waals surface area contributed by atoms with Crippen LogP contribution in [0.4, 0.5) is 5.69 Å². The van der Waals surface area contributed by atoms with E-state index < -0.39 is 0 Å². The second-order valence-electron chi connectivity index (χ2n) is 6.98. The Bertz CT molecular complexity index is 999. The zero-order valence-electron chi connectivity index (χ0n) is 15.3. The van der Waals surface area contributed by atoms with Crippen molar-refractivity contribution in [3.63, 3.8) is 0 Å². The summed E-state index contributed by atoms with van der Waals surface area (Å²) in [5.74, 6) is 0.555. The summed E-state index contributed by atoms with van der Waals surface area (Å²) in [4.78, 5) is 19.6. The molecule has 0 N–H and O–H groups in total. The molecule has 1 amide bonds. The summed E-state index contributed by atoms with van der Waals surface area (Å²) in [5.41, 5.74) is 5.72. The summed E-state index contributed by atoms with van der Waals surface area (Å²) < 4.78 is 0. The van der Waals surface area contributed by atoms with Crippen LogP contribution in [0.2, 0.25) is 0 Å². The summed E-state index contributed by atoms with van der Waals surface area (Å²) >= 11 is 1.53. The van der Waals surface area contributed by atoms with Crippen molar-refractivity contribution in [1.29, 1.82) is 0 Å². The fourth-order valence-electron chi connectivity index (χ4n) is 3.76. The van der Waals surface area contributed by atoms with E-state index in [1.165, 1.54) is 33.8 Å². The summed E-state index contributed by atoms with van der Waals surface area (Å²) in [6.07, 6.45) is 0.930. The lowest BCUT2D eigenvalue weighted by Crippen LogP contribution is -2.36. The van der Waals surface area contributed by atoms with Gasteiger partial charge in [0.05, 0.1) is 16.3 Å². The van der Waals surface area contributed by atoms with Crippen molar-refractivity contribution in [3.8, 4) is 0 Å². The molecule has 0 fully saturated rings. The quantitative estimate of drug-likeness (QED) is 0.620. The van der Waals surface area contributed by atoms with Crippen molar-refractivity contribution in [2.24, 2.45) is 0 Å². The highest BCUT2D eigenvalue weighted by Crippen LogP contribution is 2.33. The first-order valence-electron chi connectivity index (χ1n) is 8.94. The molecule has 26 heavy (non-hydrogen) atoms.